The maximum atomic E-state index is 12.3. The summed E-state index contributed by atoms with van der Waals surface area (Å²) in [5, 5.41) is 5.24. The molecule has 0 unspecified atom stereocenters. The second-order valence-electron chi connectivity index (χ2n) is 5.99. The molecule has 2 rings (SSSR count). The normalized spacial score (nSPS) is 17.3. The zero-order chi connectivity index (χ0) is 19.1. The number of amides is 2. The van der Waals surface area contributed by atoms with Gasteiger partial charge >= 0.3 is 13.1 Å². The molecule has 0 saturated carbocycles. The minimum atomic E-state index is -0.837. The third kappa shape index (κ3) is 5.06. The molecule has 1 aromatic carbocycles. The molecule has 0 aliphatic carbocycles. The number of benzene rings is 1. The van der Waals surface area contributed by atoms with Crippen LogP contribution in [0.5, 0.6) is 0 Å². The molecule has 0 radical (unpaired) electrons. The first-order chi connectivity index (χ1) is 12.5. The first-order valence-electron chi connectivity index (χ1n) is 8.30. The Morgan fingerprint density at radius 2 is 1.88 bits per heavy atom. The van der Waals surface area contributed by atoms with E-state index in [0.29, 0.717) is 12.8 Å². The number of nitrogens with one attached hydrogen (secondary N) is 2. The van der Waals surface area contributed by atoms with Gasteiger partial charge in [-0.15, -0.1) is 0 Å². The molecule has 0 bridgehead atoms. The molecule has 0 spiro atoms. The quantitative estimate of drug-likeness (QED) is 0.462. The summed E-state index contributed by atoms with van der Waals surface area (Å²) in [5.41, 5.74) is 1.68. The van der Waals surface area contributed by atoms with Crippen molar-refractivity contribution in [2.24, 2.45) is 0 Å². The molecule has 2 N–H and O–H groups in total. The Labute approximate surface area is 152 Å². The third-order valence-corrected chi connectivity index (χ3v) is 4.23. The average molecular weight is 362 g/mol. The zero-order valence-corrected chi connectivity index (χ0v) is 15.1. The first-order valence-corrected chi connectivity index (χ1v) is 8.30. The summed E-state index contributed by atoms with van der Waals surface area (Å²) >= 11 is 0. The van der Waals surface area contributed by atoms with Gasteiger partial charge in [-0.1, -0.05) is 24.3 Å². The summed E-state index contributed by atoms with van der Waals surface area (Å²) in [5.74, 6) is -1.10. The van der Waals surface area contributed by atoms with E-state index in [4.69, 9.17) is 14.0 Å². The number of rotatable bonds is 8. The summed E-state index contributed by atoms with van der Waals surface area (Å²) in [7, 11) is 3.90. The van der Waals surface area contributed by atoms with Gasteiger partial charge in [0.25, 0.3) is 0 Å². The monoisotopic (exact) mass is 362 g/mol. The van der Waals surface area contributed by atoms with E-state index in [2.05, 4.69) is 10.6 Å². The van der Waals surface area contributed by atoms with Crippen molar-refractivity contribution in [2.75, 3.05) is 21.3 Å². The molecule has 26 heavy (non-hydrogen) atoms. The molecule has 140 valence electrons. The van der Waals surface area contributed by atoms with Crippen molar-refractivity contribution in [3.8, 4) is 0 Å². The minimum absolute atomic E-state index is 0.166. The topological polar surface area (TPSA) is 103 Å². The van der Waals surface area contributed by atoms with Gasteiger partial charge < -0.3 is 24.7 Å². The van der Waals surface area contributed by atoms with Crippen LogP contribution in [0.3, 0.4) is 0 Å². The maximum Gasteiger partial charge on any atom is 0.493 e. The maximum absolute atomic E-state index is 12.3. The Hall–Kier alpha value is -2.39. The van der Waals surface area contributed by atoms with Crippen molar-refractivity contribution in [1.82, 2.24) is 10.6 Å². The van der Waals surface area contributed by atoms with Gasteiger partial charge in [0, 0.05) is 27.1 Å². The highest BCUT2D eigenvalue weighted by Gasteiger charge is 2.31. The lowest BCUT2D eigenvalue weighted by Crippen LogP contribution is -2.50. The molecule has 8 nitrogen and oxygen atoms in total. The van der Waals surface area contributed by atoms with Crippen LogP contribution in [0.2, 0.25) is 0 Å². The number of hydrogen-bond acceptors (Lipinski definition) is 6. The highest BCUT2D eigenvalue weighted by Crippen LogP contribution is 2.09. The van der Waals surface area contributed by atoms with Crippen molar-refractivity contribution >= 4 is 30.4 Å². The van der Waals surface area contributed by atoms with E-state index in [1.165, 1.54) is 7.11 Å². The fourth-order valence-corrected chi connectivity index (χ4v) is 2.83. The smallest absolute Gasteiger partial charge is 0.467 e. The summed E-state index contributed by atoms with van der Waals surface area (Å²) in [6.45, 7) is 0. The molecule has 2 atom stereocenters. The van der Waals surface area contributed by atoms with Crippen LogP contribution in [0.1, 0.15) is 18.4 Å². The summed E-state index contributed by atoms with van der Waals surface area (Å²) in [6.07, 6.45) is 0.995. The van der Waals surface area contributed by atoms with E-state index < -0.39 is 25.2 Å². The van der Waals surface area contributed by atoms with Crippen LogP contribution in [0.25, 0.3) is 0 Å². The van der Waals surface area contributed by atoms with Gasteiger partial charge in [-0.25, -0.2) is 4.79 Å². The largest absolute Gasteiger partial charge is 0.493 e. The molecule has 1 aromatic rings. The average Bonchev–Trinajstić information content (AvgIpc) is 3.09. The Balaban J connectivity index is 2.04. The molecule has 1 saturated heterocycles. The van der Waals surface area contributed by atoms with E-state index in [1.807, 2.05) is 24.3 Å². The van der Waals surface area contributed by atoms with E-state index in [-0.39, 0.29) is 18.2 Å². The molecule has 1 aliphatic rings. The molecule has 9 heteroatoms. The molecule has 1 fully saturated rings. The van der Waals surface area contributed by atoms with Crippen molar-refractivity contribution < 1.29 is 28.4 Å². The van der Waals surface area contributed by atoms with Gasteiger partial charge in [-0.05, 0) is 17.4 Å². The van der Waals surface area contributed by atoms with E-state index in [9.17, 15) is 14.4 Å². The standard InChI is InChI=1S/C17H23BN2O6/c1-24-17(23)14(20-16(22)13-8-9-15(21)19-13)10-11-4-6-12(7-5-11)18(25-2)26-3/h4-7,13-14H,8-10H2,1-3H3,(H,19,21)(H,20,22)/t13-,14+/m1/s1. The van der Waals surface area contributed by atoms with Crippen molar-refractivity contribution in [3.63, 3.8) is 0 Å². The van der Waals surface area contributed by atoms with Gasteiger partial charge in [-0.3, -0.25) is 9.59 Å². The van der Waals surface area contributed by atoms with E-state index in [1.54, 1.807) is 14.2 Å². The second-order valence-corrected chi connectivity index (χ2v) is 5.99. The zero-order valence-electron chi connectivity index (χ0n) is 15.1. The summed E-state index contributed by atoms with van der Waals surface area (Å²) < 4.78 is 15.2. The number of esters is 1. The first kappa shape index (κ1) is 19.9. The summed E-state index contributed by atoms with van der Waals surface area (Å²) in [6, 6.07) is 5.89. The third-order valence-electron chi connectivity index (χ3n) is 4.23. The lowest BCUT2D eigenvalue weighted by Gasteiger charge is -2.19. The Bertz CT molecular complexity index is 647. The molecular weight excluding hydrogens is 339 g/mol. The van der Waals surface area contributed by atoms with Gasteiger partial charge in [0.15, 0.2) is 0 Å². The summed E-state index contributed by atoms with van der Waals surface area (Å²) in [4.78, 5) is 35.6. The number of hydrogen-bond donors (Lipinski definition) is 2. The van der Waals surface area contributed by atoms with Gasteiger partial charge in [0.2, 0.25) is 11.8 Å². The minimum Gasteiger partial charge on any atom is -0.467 e. The number of methoxy groups -OCH3 is 1. The van der Waals surface area contributed by atoms with Crippen LogP contribution >= 0.6 is 0 Å². The van der Waals surface area contributed by atoms with Crippen LogP contribution < -0.4 is 16.1 Å². The van der Waals surface area contributed by atoms with Crippen molar-refractivity contribution in [3.05, 3.63) is 29.8 Å². The lowest BCUT2D eigenvalue weighted by atomic mass is 9.78. The fourth-order valence-electron chi connectivity index (χ4n) is 2.83. The Morgan fingerprint density at radius 1 is 1.23 bits per heavy atom. The van der Waals surface area contributed by atoms with Gasteiger partial charge in [0.1, 0.15) is 12.1 Å². The molecule has 0 aromatic heterocycles. The van der Waals surface area contributed by atoms with Gasteiger partial charge in [-0.2, -0.15) is 0 Å². The number of ether oxygens (including phenoxy) is 1. The van der Waals surface area contributed by atoms with E-state index >= 15 is 0 Å². The Morgan fingerprint density at radius 3 is 2.38 bits per heavy atom. The van der Waals surface area contributed by atoms with Crippen LogP contribution in [-0.4, -0.2) is 58.3 Å². The lowest BCUT2D eigenvalue weighted by molar-refractivity contribution is -0.145. The van der Waals surface area contributed by atoms with Gasteiger partial charge in [0.05, 0.1) is 7.11 Å². The highest BCUT2D eigenvalue weighted by molar-refractivity contribution is 6.61. The van der Waals surface area contributed by atoms with Crippen LogP contribution in [0.15, 0.2) is 24.3 Å². The fraction of sp³-hybridized carbons (Fsp3) is 0.471. The van der Waals surface area contributed by atoms with Crippen molar-refractivity contribution in [2.45, 2.75) is 31.3 Å². The Kier molecular flexibility index (Phi) is 7.17. The van der Waals surface area contributed by atoms with Crippen LogP contribution in [0.4, 0.5) is 0 Å². The van der Waals surface area contributed by atoms with Crippen molar-refractivity contribution in [1.29, 1.82) is 0 Å². The van der Waals surface area contributed by atoms with Crippen LogP contribution in [0, 0.1) is 0 Å². The number of carbonyl (C=O) groups is 3. The molecular formula is C17H23BN2O6. The predicted octanol–water partition coefficient (Wildman–Crippen LogP) is -0.846. The highest BCUT2D eigenvalue weighted by atomic mass is 16.6. The molecule has 1 heterocycles. The second kappa shape index (κ2) is 9.35. The van der Waals surface area contributed by atoms with E-state index in [0.717, 1.165) is 11.0 Å². The molecule has 2 amide bonds. The SMILES string of the molecule is COB(OC)c1ccc(C[C@H](NC(=O)[C@H]2CCC(=O)N2)C(=O)OC)cc1. The number of carbonyl (C=O) groups excluding carboxylic acids is 3. The van der Waals surface area contributed by atoms with Crippen LogP contribution in [-0.2, 0) is 34.9 Å². The predicted molar refractivity (Wildman–Crippen MR) is 94.7 cm³/mol. The molecule has 1 aliphatic heterocycles.